The topological polar surface area (TPSA) is 59.0 Å². The van der Waals surface area contributed by atoms with E-state index in [1.807, 2.05) is 6.07 Å². The third kappa shape index (κ3) is 3.72. The molecule has 0 spiro atoms. The van der Waals surface area contributed by atoms with Crippen LogP contribution in [-0.4, -0.2) is 27.9 Å². The van der Waals surface area contributed by atoms with Gasteiger partial charge in [-0.05, 0) is 18.4 Å². The normalized spacial score (nSPS) is 23.0. The van der Waals surface area contributed by atoms with Gasteiger partial charge in [0, 0.05) is 12.5 Å². The van der Waals surface area contributed by atoms with E-state index in [2.05, 4.69) is 15.7 Å². The van der Waals surface area contributed by atoms with Gasteiger partial charge in [0.05, 0.1) is 12.2 Å². The first-order valence-electron chi connectivity index (χ1n) is 9.70. The van der Waals surface area contributed by atoms with Crippen molar-refractivity contribution >= 4 is 11.7 Å². The minimum absolute atomic E-state index is 0.0729. The van der Waals surface area contributed by atoms with Crippen molar-refractivity contribution in [2.24, 2.45) is 0 Å². The first kappa shape index (κ1) is 18.8. The molecule has 0 unspecified atom stereocenters. The highest BCUT2D eigenvalue weighted by atomic mass is 19.4. The molecule has 0 radical (unpaired) electrons. The maximum Gasteiger partial charge on any atom is 0.410 e. The van der Waals surface area contributed by atoms with E-state index in [9.17, 15) is 18.0 Å². The number of alkyl halides is 3. The molecule has 1 aromatic heterocycles. The maximum atomic E-state index is 13.7. The molecule has 0 bridgehead atoms. The van der Waals surface area contributed by atoms with E-state index < -0.39 is 18.3 Å². The molecule has 1 aliphatic heterocycles. The summed E-state index contributed by atoms with van der Waals surface area (Å²) < 4.78 is 42.0. The number of carbonyl (C=O) groups excluding carboxylic acids is 1. The number of carbonyl (C=O) groups is 1. The highest BCUT2D eigenvalue weighted by Crippen LogP contribution is 2.44. The fourth-order valence-corrected chi connectivity index (χ4v) is 4.14. The largest absolute Gasteiger partial charge is 0.410 e. The zero-order valence-corrected chi connectivity index (χ0v) is 15.4. The predicted octanol–water partition coefficient (Wildman–Crippen LogP) is 4.61. The Bertz CT molecular complexity index is 828. The van der Waals surface area contributed by atoms with Crippen LogP contribution < -0.4 is 10.6 Å². The molecule has 2 atom stereocenters. The molecule has 2 aliphatic rings. The van der Waals surface area contributed by atoms with Crippen LogP contribution in [0.15, 0.2) is 36.5 Å². The van der Waals surface area contributed by atoms with Crippen molar-refractivity contribution in [3.63, 3.8) is 0 Å². The molecule has 8 heteroatoms. The van der Waals surface area contributed by atoms with Gasteiger partial charge in [0.1, 0.15) is 11.4 Å². The van der Waals surface area contributed by atoms with Gasteiger partial charge < -0.3 is 10.6 Å². The van der Waals surface area contributed by atoms with Crippen LogP contribution in [0.1, 0.15) is 66.5 Å². The highest BCUT2D eigenvalue weighted by molar-refractivity contribution is 5.99. The number of rotatable bonds is 3. The van der Waals surface area contributed by atoms with Crippen molar-refractivity contribution in [2.45, 2.75) is 62.8 Å². The van der Waals surface area contributed by atoms with Gasteiger partial charge in [-0.2, -0.15) is 18.3 Å². The zero-order valence-electron chi connectivity index (χ0n) is 15.4. The van der Waals surface area contributed by atoms with Gasteiger partial charge in [-0.15, -0.1) is 0 Å². The monoisotopic (exact) mass is 392 g/mol. The summed E-state index contributed by atoms with van der Waals surface area (Å²) in [6.07, 6.45) is 1.69. The van der Waals surface area contributed by atoms with Crippen LogP contribution in [0.25, 0.3) is 0 Å². The summed E-state index contributed by atoms with van der Waals surface area (Å²) in [5.74, 6) is -0.231. The molecule has 28 heavy (non-hydrogen) atoms. The second kappa shape index (κ2) is 7.48. The number of halogens is 3. The van der Waals surface area contributed by atoms with Crippen LogP contribution in [0.4, 0.5) is 19.0 Å². The molecule has 1 aromatic carbocycles. The molecular formula is C20H23F3N4O. The summed E-state index contributed by atoms with van der Waals surface area (Å²) in [7, 11) is 0. The molecule has 1 aliphatic carbocycles. The lowest BCUT2D eigenvalue weighted by Crippen LogP contribution is -2.38. The average molecular weight is 392 g/mol. The molecule has 2 N–H and O–H groups in total. The van der Waals surface area contributed by atoms with E-state index in [1.165, 1.54) is 6.20 Å². The van der Waals surface area contributed by atoms with Gasteiger partial charge in [0.2, 0.25) is 0 Å². The Hall–Kier alpha value is -2.51. The second-order valence-electron chi connectivity index (χ2n) is 7.56. The van der Waals surface area contributed by atoms with Gasteiger partial charge in [-0.3, -0.25) is 4.79 Å². The van der Waals surface area contributed by atoms with Crippen LogP contribution in [0.3, 0.4) is 0 Å². The van der Waals surface area contributed by atoms with Gasteiger partial charge in [0.25, 0.3) is 5.91 Å². The van der Waals surface area contributed by atoms with Crippen molar-refractivity contribution in [1.29, 1.82) is 0 Å². The first-order valence-corrected chi connectivity index (χ1v) is 9.70. The first-order chi connectivity index (χ1) is 13.4. The van der Waals surface area contributed by atoms with E-state index >= 15 is 0 Å². The molecule has 150 valence electrons. The number of amides is 1. The highest BCUT2D eigenvalue weighted by Gasteiger charge is 2.47. The molecule has 1 saturated carbocycles. The Labute approximate surface area is 161 Å². The van der Waals surface area contributed by atoms with Crippen molar-refractivity contribution in [3.8, 4) is 0 Å². The SMILES string of the molecule is O=C(NC1CCCCC1)c1cnn2c1N[C@H](c1ccccc1)C[C@H]2C(F)(F)F. The summed E-state index contributed by atoms with van der Waals surface area (Å²) in [5, 5.41) is 10.0. The summed E-state index contributed by atoms with van der Waals surface area (Å²) in [6.45, 7) is 0. The molecule has 2 aromatic rings. The number of nitrogens with one attached hydrogen (secondary N) is 2. The van der Waals surface area contributed by atoms with E-state index in [1.54, 1.807) is 24.3 Å². The van der Waals surface area contributed by atoms with Gasteiger partial charge in [-0.25, -0.2) is 4.68 Å². The number of nitrogens with zero attached hydrogens (tertiary/aromatic N) is 2. The Balaban J connectivity index is 1.64. The van der Waals surface area contributed by atoms with Crippen LogP contribution >= 0.6 is 0 Å². The zero-order chi connectivity index (χ0) is 19.7. The fraction of sp³-hybridized carbons (Fsp3) is 0.500. The Morgan fingerprint density at radius 2 is 1.86 bits per heavy atom. The number of benzene rings is 1. The molecule has 2 heterocycles. The van der Waals surface area contributed by atoms with E-state index in [0.29, 0.717) is 0 Å². The molecule has 4 rings (SSSR count). The van der Waals surface area contributed by atoms with Crippen LogP contribution in [0.2, 0.25) is 0 Å². The third-order valence-corrected chi connectivity index (χ3v) is 5.63. The molecule has 0 saturated heterocycles. The lowest BCUT2D eigenvalue weighted by Gasteiger charge is -2.34. The van der Waals surface area contributed by atoms with Crippen molar-refractivity contribution < 1.29 is 18.0 Å². The summed E-state index contributed by atoms with van der Waals surface area (Å²) in [6, 6.07) is 6.75. The lowest BCUT2D eigenvalue weighted by molar-refractivity contribution is -0.173. The summed E-state index contributed by atoms with van der Waals surface area (Å²) in [5.41, 5.74) is 0.920. The van der Waals surface area contributed by atoms with Gasteiger partial charge >= 0.3 is 6.18 Å². The lowest BCUT2D eigenvalue weighted by atomic mass is 9.95. The maximum absolute atomic E-state index is 13.7. The standard InChI is InChI=1S/C20H23F3N4O/c21-20(22,23)17-11-16(13-7-3-1-4-8-13)26-18-15(12-24-27(17)18)19(28)25-14-9-5-2-6-10-14/h1,3-4,7-8,12,14,16-17,26H,2,5-6,9-11H2,(H,25,28)/t16-,17-/m0/s1. The number of aromatic nitrogens is 2. The average Bonchev–Trinajstić information content (AvgIpc) is 3.12. The van der Waals surface area contributed by atoms with Crippen molar-refractivity contribution in [1.82, 2.24) is 15.1 Å². The summed E-state index contributed by atoms with van der Waals surface area (Å²) in [4.78, 5) is 12.8. The summed E-state index contributed by atoms with van der Waals surface area (Å²) >= 11 is 0. The predicted molar refractivity (Wildman–Crippen MR) is 99.1 cm³/mol. The third-order valence-electron chi connectivity index (χ3n) is 5.63. The van der Waals surface area contributed by atoms with E-state index in [0.717, 1.165) is 42.3 Å². The molecule has 5 nitrogen and oxygen atoms in total. The minimum atomic E-state index is -4.45. The quantitative estimate of drug-likeness (QED) is 0.802. The molecular weight excluding hydrogens is 369 g/mol. The van der Waals surface area contributed by atoms with Crippen LogP contribution in [0.5, 0.6) is 0 Å². The van der Waals surface area contributed by atoms with E-state index in [-0.39, 0.29) is 29.8 Å². The smallest absolute Gasteiger partial charge is 0.363 e. The number of anilines is 1. The van der Waals surface area contributed by atoms with Crippen LogP contribution in [-0.2, 0) is 0 Å². The van der Waals surface area contributed by atoms with E-state index in [4.69, 9.17) is 0 Å². The Morgan fingerprint density at radius 1 is 1.14 bits per heavy atom. The van der Waals surface area contributed by atoms with Crippen molar-refractivity contribution in [3.05, 3.63) is 47.7 Å². The van der Waals surface area contributed by atoms with Crippen molar-refractivity contribution in [2.75, 3.05) is 5.32 Å². The minimum Gasteiger partial charge on any atom is -0.363 e. The Morgan fingerprint density at radius 3 is 2.54 bits per heavy atom. The van der Waals surface area contributed by atoms with Crippen LogP contribution in [0, 0.1) is 0 Å². The Kier molecular flexibility index (Phi) is 5.03. The second-order valence-corrected chi connectivity index (χ2v) is 7.56. The fourth-order valence-electron chi connectivity index (χ4n) is 4.14. The number of fused-ring (bicyclic) bond motifs is 1. The molecule has 1 amide bonds. The van der Waals surface area contributed by atoms with Gasteiger partial charge in [-0.1, -0.05) is 49.6 Å². The number of hydrogen-bond acceptors (Lipinski definition) is 3. The molecule has 1 fully saturated rings. The number of hydrogen-bond donors (Lipinski definition) is 2. The van der Waals surface area contributed by atoms with Gasteiger partial charge in [0.15, 0.2) is 6.04 Å².